The van der Waals surface area contributed by atoms with E-state index < -0.39 is 6.10 Å². The predicted molar refractivity (Wildman–Crippen MR) is 60.7 cm³/mol. The lowest BCUT2D eigenvalue weighted by Crippen LogP contribution is -2.31. The van der Waals surface area contributed by atoms with E-state index >= 15 is 0 Å². The summed E-state index contributed by atoms with van der Waals surface area (Å²) in [4.78, 5) is 0. The first-order chi connectivity index (χ1) is 7.15. The molecule has 0 saturated carbocycles. The lowest BCUT2D eigenvalue weighted by atomic mass is 10.0. The van der Waals surface area contributed by atoms with E-state index in [9.17, 15) is 5.11 Å². The molecule has 3 N–H and O–H groups in total. The summed E-state index contributed by atoms with van der Waals surface area (Å²) in [6.45, 7) is 4.32. The van der Waals surface area contributed by atoms with Gasteiger partial charge in [0.15, 0.2) is 0 Å². The highest BCUT2D eigenvalue weighted by atomic mass is 16.3. The average molecular weight is 209 g/mol. The van der Waals surface area contributed by atoms with Crippen LogP contribution in [0.5, 0.6) is 0 Å². The van der Waals surface area contributed by atoms with Crippen molar-refractivity contribution in [1.82, 2.24) is 5.32 Å². The van der Waals surface area contributed by atoms with Crippen molar-refractivity contribution in [2.24, 2.45) is 0 Å². The van der Waals surface area contributed by atoms with Crippen LogP contribution in [0.3, 0.4) is 0 Å². The van der Waals surface area contributed by atoms with E-state index in [1.54, 1.807) is 0 Å². The molecular formula is C12H19NO2. The highest BCUT2D eigenvalue weighted by molar-refractivity contribution is 5.28. The number of aryl methyl sites for hydroxylation is 1. The molecule has 1 aromatic carbocycles. The third-order valence-corrected chi connectivity index (χ3v) is 2.53. The van der Waals surface area contributed by atoms with Gasteiger partial charge in [0.2, 0.25) is 0 Å². The molecule has 3 nitrogen and oxygen atoms in total. The van der Waals surface area contributed by atoms with Crippen LogP contribution in [0.2, 0.25) is 0 Å². The van der Waals surface area contributed by atoms with Crippen LogP contribution in [0.25, 0.3) is 0 Å². The number of nitrogens with one attached hydrogen (secondary N) is 1. The van der Waals surface area contributed by atoms with Gasteiger partial charge in [0.05, 0.1) is 12.7 Å². The number of aliphatic hydroxyl groups excluding tert-OH is 2. The number of rotatable bonds is 5. The van der Waals surface area contributed by atoms with Crippen LogP contribution in [0.4, 0.5) is 0 Å². The van der Waals surface area contributed by atoms with Gasteiger partial charge in [0.25, 0.3) is 0 Å². The number of hydrogen-bond acceptors (Lipinski definition) is 3. The van der Waals surface area contributed by atoms with Crippen molar-refractivity contribution >= 4 is 0 Å². The summed E-state index contributed by atoms with van der Waals surface area (Å²) in [5, 5.41) is 21.1. The Kier molecular flexibility index (Phi) is 4.75. The minimum absolute atomic E-state index is 0.187. The summed E-state index contributed by atoms with van der Waals surface area (Å²) in [5.41, 5.74) is 2.46. The summed E-state index contributed by atoms with van der Waals surface area (Å²) < 4.78 is 0. The van der Waals surface area contributed by atoms with Gasteiger partial charge in [-0.2, -0.15) is 0 Å². The molecule has 0 radical (unpaired) electrons. The van der Waals surface area contributed by atoms with Gasteiger partial charge in [0, 0.05) is 12.6 Å². The van der Waals surface area contributed by atoms with Gasteiger partial charge in [-0.3, -0.25) is 0 Å². The Bertz CT molecular complexity index is 301. The van der Waals surface area contributed by atoms with Gasteiger partial charge in [-0.25, -0.2) is 0 Å². The monoisotopic (exact) mass is 209 g/mol. The zero-order valence-corrected chi connectivity index (χ0v) is 9.27. The SMILES string of the molecule is Cc1ccccc1C(C)NCC(O)CO. The van der Waals surface area contributed by atoms with Crippen LogP contribution in [0.15, 0.2) is 24.3 Å². The molecule has 0 amide bonds. The fraction of sp³-hybridized carbons (Fsp3) is 0.500. The lowest BCUT2D eigenvalue weighted by molar-refractivity contribution is 0.0923. The second-order valence-electron chi connectivity index (χ2n) is 3.82. The molecule has 2 atom stereocenters. The van der Waals surface area contributed by atoms with Crippen LogP contribution < -0.4 is 5.32 Å². The molecule has 0 spiro atoms. The zero-order chi connectivity index (χ0) is 11.3. The molecule has 0 aliphatic rings. The van der Waals surface area contributed by atoms with Gasteiger partial charge < -0.3 is 15.5 Å². The van der Waals surface area contributed by atoms with Crippen LogP contribution in [0, 0.1) is 6.92 Å². The van der Waals surface area contributed by atoms with Crippen molar-refractivity contribution < 1.29 is 10.2 Å². The minimum atomic E-state index is -0.684. The third-order valence-electron chi connectivity index (χ3n) is 2.53. The van der Waals surface area contributed by atoms with Crippen molar-refractivity contribution in [3.05, 3.63) is 35.4 Å². The lowest BCUT2D eigenvalue weighted by Gasteiger charge is -2.18. The summed E-state index contributed by atoms with van der Waals surface area (Å²) in [7, 11) is 0. The third kappa shape index (κ3) is 3.63. The molecule has 0 bridgehead atoms. The highest BCUT2D eigenvalue weighted by Crippen LogP contribution is 2.16. The molecular weight excluding hydrogens is 190 g/mol. The van der Waals surface area contributed by atoms with E-state index in [4.69, 9.17) is 5.11 Å². The van der Waals surface area contributed by atoms with Gasteiger partial charge in [-0.1, -0.05) is 24.3 Å². The predicted octanol–water partition coefficient (Wildman–Crippen LogP) is 0.999. The molecule has 0 aromatic heterocycles. The summed E-state index contributed by atoms with van der Waals surface area (Å²) in [6.07, 6.45) is -0.684. The Labute approximate surface area is 90.8 Å². The van der Waals surface area contributed by atoms with Gasteiger partial charge in [-0.05, 0) is 25.0 Å². The van der Waals surface area contributed by atoms with E-state index in [-0.39, 0.29) is 12.6 Å². The summed E-state index contributed by atoms with van der Waals surface area (Å²) in [6, 6.07) is 8.33. The molecule has 0 heterocycles. The van der Waals surface area contributed by atoms with E-state index in [0.717, 1.165) is 0 Å². The van der Waals surface area contributed by atoms with Crippen molar-refractivity contribution in [2.75, 3.05) is 13.2 Å². The smallest absolute Gasteiger partial charge is 0.0895 e. The second kappa shape index (κ2) is 5.85. The quantitative estimate of drug-likeness (QED) is 0.678. The van der Waals surface area contributed by atoms with Gasteiger partial charge >= 0.3 is 0 Å². The van der Waals surface area contributed by atoms with Gasteiger partial charge in [0.1, 0.15) is 0 Å². The average Bonchev–Trinajstić information content (AvgIpc) is 2.26. The minimum Gasteiger partial charge on any atom is -0.394 e. The largest absolute Gasteiger partial charge is 0.394 e. The van der Waals surface area contributed by atoms with Crippen molar-refractivity contribution in [2.45, 2.75) is 26.0 Å². The summed E-state index contributed by atoms with van der Waals surface area (Å²) >= 11 is 0. The number of hydrogen-bond donors (Lipinski definition) is 3. The molecule has 1 rings (SSSR count). The Hall–Kier alpha value is -0.900. The molecule has 0 aliphatic heterocycles. The Morgan fingerprint density at radius 3 is 2.60 bits per heavy atom. The molecule has 2 unspecified atom stereocenters. The molecule has 0 fully saturated rings. The normalized spacial score (nSPS) is 14.9. The van der Waals surface area contributed by atoms with Crippen LogP contribution in [-0.2, 0) is 0 Å². The Morgan fingerprint density at radius 2 is 2.00 bits per heavy atom. The topological polar surface area (TPSA) is 52.5 Å². The van der Waals surface area contributed by atoms with E-state index in [2.05, 4.69) is 24.4 Å². The maximum Gasteiger partial charge on any atom is 0.0895 e. The van der Waals surface area contributed by atoms with Crippen LogP contribution in [0.1, 0.15) is 24.1 Å². The second-order valence-corrected chi connectivity index (χ2v) is 3.82. The van der Waals surface area contributed by atoms with Crippen molar-refractivity contribution in [3.8, 4) is 0 Å². The maximum absolute atomic E-state index is 9.21. The number of aliphatic hydroxyl groups is 2. The van der Waals surface area contributed by atoms with Gasteiger partial charge in [-0.15, -0.1) is 0 Å². The Morgan fingerprint density at radius 1 is 1.33 bits per heavy atom. The fourth-order valence-corrected chi connectivity index (χ4v) is 1.56. The van der Waals surface area contributed by atoms with E-state index in [0.29, 0.717) is 6.54 Å². The molecule has 3 heteroatoms. The molecule has 1 aromatic rings. The molecule has 0 saturated heterocycles. The van der Waals surface area contributed by atoms with E-state index in [1.165, 1.54) is 11.1 Å². The van der Waals surface area contributed by atoms with Crippen molar-refractivity contribution in [3.63, 3.8) is 0 Å². The van der Waals surface area contributed by atoms with Crippen LogP contribution >= 0.6 is 0 Å². The Balaban J connectivity index is 2.54. The first-order valence-corrected chi connectivity index (χ1v) is 5.23. The highest BCUT2D eigenvalue weighted by Gasteiger charge is 2.09. The van der Waals surface area contributed by atoms with Crippen molar-refractivity contribution in [1.29, 1.82) is 0 Å². The maximum atomic E-state index is 9.21. The summed E-state index contributed by atoms with van der Waals surface area (Å²) in [5.74, 6) is 0. The number of benzene rings is 1. The molecule has 0 aliphatic carbocycles. The fourth-order valence-electron chi connectivity index (χ4n) is 1.56. The molecule has 15 heavy (non-hydrogen) atoms. The first-order valence-electron chi connectivity index (χ1n) is 5.23. The van der Waals surface area contributed by atoms with E-state index in [1.807, 2.05) is 19.1 Å². The zero-order valence-electron chi connectivity index (χ0n) is 9.27. The van der Waals surface area contributed by atoms with Crippen LogP contribution in [-0.4, -0.2) is 29.5 Å². The first kappa shape index (κ1) is 12.2. The standard InChI is InChI=1S/C12H19NO2/c1-9-5-3-4-6-12(9)10(2)13-7-11(15)8-14/h3-6,10-11,13-15H,7-8H2,1-2H3. The molecule has 84 valence electrons.